The summed E-state index contributed by atoms with van der Waals surface area (Å²) in [5.41, 5.74) is 0.688. The molecule has 0 aromatic carbocycles. The summed E-state index contributed by atoms with van der Waals surface area (Å²) in [5, 5.41) is 0. The summed E-state index contributed by atoms with van der Waals surface area (Å²) in [6, 6.07) is 0. The zero-order valence-corrected chi connectivity index (χ0v) is 8.48. The Bertz CT molecular complexity index is 124. The molecule has 0 aromatic heterocycles. The van der Waals surface area contributed by atoms with Crippen molar-refractivity contribution in [2.45, 2.75) is 53.4 Å². The Balaban J connectivity index is 2.17. The summed E-state index contributed by atoms with van der Waals surface area (Å²) in [6.07, 6.45) is 5.70. The van der Waals surface area contributed by atoms with Crippen molar-refractivity contribution in [1.82, 2.24) is 0 Å². The van der Waals surface area contributed by atoms with Crippen molar-refractivity contribution in [3.8, 4) is 0 Å². The van der Waals surface area contributed by atoms with E-state index in [9.17, 15) is 0 Å². The van der Waals surface area contributed by atoms with Crippen LogP contribution in [0.25, 0.3) is 0 Å². The SMILES string of the molecule is CCCC[C@H](C)C1CC1(C)C. The molecule has 0 heteroatoms. The molecule has 0 amide bonds. The van der Waals surface area contributed by atoms with E-state index in [1.165, 1.54) is 25.7 Å². The first kappa shape index (κ1) is 9.09. The first-order chi connectivity index (χ1) is 5.08. The summed E-state index contributed by atoms with van der Waals surface area (Å²) >= 11 is 0. The summed E-state index contributed by atoms with van der Waals surface area (Å²) in [6.45, 7) is 9.51. The monoisotopic (exact) mass is 154 g/mol. The Labute approximate surface area is 71.4 Å². The van der Waals surface area contributed by atoms with Crippen molar-refractivity contribution in [3.63, 3.8) is 0 Å². The van der Waals surface area contributed by atoms with E-state index in [-0.39, 0.29) is 0 Å². The van der Waals surface area contributed by atoms with Crippen LogP contribution in [0.1, 0.15) is 53.4 Å². The average molecular weight is 154 g/mol. The second-order valence-electron chi connectivity index (χ2n) is 4.92. The zero-order chi connectivity index (χ0) is 8.48. The third kappa shape index (κ3) is 2.21. The number of hydrogen-bond donors (Lipinski definition) is 0. The van der Waals surface area contributed by atoms with Crippen LogP contribution in [0, 0.1) is 17.3 Å². The van der Waals surface area contributed by atoms with E-state index in [1.54, 1.807) is 0 Å². The van der Waals surface area contributed by atoms with Gasteiger partial charge in [-0.3, -0.25) is 0 Å². The summed E-state index contributed by atoms with van der Waals surface area (Å²) in [5.74, 6) is 2.01. The fourth-order valence-electron chi connectivity index (χ4n) is 2.21. The molecule has 0 bridgehead atoms. The predicted octanol–water partition coefficient (Wildman–Crippen LogP) is 3.86. The molecule has 0 radical (unpaired) electrons. The lowest BCUT2D eigenvalue weighted by Gasteiger charge is -2.11. The van der Waals surface area contributed by atoms with Gasteiger partial charge in [0.2, 0.25) is 0 Å². The molecule has 0 N–H and O–H groups in total. The fraction of sp³-hybridized carbons (Fsp3) is 1.00. The van der Waals surface area contributed by atoms with Crippen molar-refractivity contribution in [1.29, 1.82) is 0 Å². The van der Waals surface area contributed by atoms with E-state index < -0.39 is 0 Å². The summed E-state index contributed by atoms with van der Waals surface area (Å²) < 4.78 is 0. The van der Waals surface area contributed by atoms with Gasteiger partial charge in [0.25, 0.3) is 0 Å². The van der Waals surface area contributed by atoms with Crippen molar-refractivity contribution in [2.75, 3.05) is 0 Å². The van der Waals surface area contributed by atoms with Gasteiger partial charge in [0.1, 0.15) is 0 Å². The molecule has 2 atom stereocenters. The van der Waals surface area contributed by atoms with Gasteiger partial charge in [-0.25, -0.2) is 0 Å². The number of unbranched alkanes of at least 4 members (excludes halogenated alkanes) is 1. The third-order valence-electron chi connectivity index (χ3n) is 3.29. The lowest BCUT2D eigenvalue weighted by Crippen LogP contribution is -2.02. The van der Waals surface area contributed by atoms with Gasteiger partial charge in [0, 0.05) is 0 Å². The molecule has 0 saturated heterocycles. The zero-order valence-electron chi connectivity index (χ0n) is 8.48. The second-order valence-corrected chi connectivity index (χ2v) is 4.92. The van der Waals surface area contributed by atoms with Crippen LogP contribution in [-0.2, 0) is 0 Å². The van der Waals surface area contributed by atoms with Gasteiger partial charge in [-0.05, 0) is 23.7 Å². The molecule has 1 rings (SSSR count). The van der Waals surface area contributed by atoms with E-state index in [1.807, 2.05) is 0 Å². The van der Waals surface area contributed by atoms with Crippen molar-refractivity contribution < 1.29 is 0 Å². The molecule has 0 aromatic rings. The molecule has 0 heterocycles. The number of hydrogen-bond acceptors (Lipinski definition) is 0. The molecular formula is C11H22. The van der Waals surface area contributed by atoms with Gasteiger partial charge in [-0.15, -0.1) is 0 Å². The highest BCUT2D eigenvalue weighted by atomic mass is 14.5. The van der Waals surface area contributed by atoms with Gasteiger partial charge >= 0.3 is 0 Å². The Morgan fingerprint density at radius 1 is 1.45 bits per heavy atom. The van der Waals surface area contributed by atoms with Crippen LogP contribution in [-0.4, -0.2) is 0 Å². The Morgan fingerprint density at radius 3 is 2.36 bits per heavy atom. The van der Waals surface area contributed by atoms with Crippen LogP contribution >= 0.6 is 0 Å². The fourth-order valence-corrected chi connectivity index (χ4v) is 2.21. The number of rotatable bonds is 4. The molecule has 1 fully saturated rings. The third-order valence-corrected chi connectivity index (χ3v) is 3.29. The summed E-state index contributed by atoms with van der Waals surface area (Å²) in [4.78, 5) is 0. The lowest BCUT2D eigenvalue weighted by molar-refractivity contribution is 0.388. The van der Waals surface area contributed by atoms with Crippen LogP contribution in [0.3, 0.4) is 0 Å². The molecule has 1 saturated carbocycles. The van der Waals surface area contributed by atoms with Gasteiger partial charge in [0.15, 0.2) is 0 Å². The maximum atomic E-state index is 2.43. The molecule has 0 nitrogen and oxygen atoms in total. The molecule has 66 valence electrons. The van der Waals surface area contributed by atoms with E-state index in [2.05, 4.69) is 27.7 Å². The molecule has 1 aliphatic rings. The van der Waals surface area contributed by atoms with Crippen LogP contribution in [0.15, 0.2) is 0 Å². The topological polar surface area (TPSA) is 0 Å². The van der Waals surface area contributed by atoms with Crippen LogP contribution < -0.4 is 0 Å². The maximum Gasteiger partial charge on any atom is -0.0320 e. The molecule has 0 spiro atoms. The first-order valence-corrected chi connectivity index (χ1v) is 5.08. The maximum absolute atomic E-state index is 2.43. The van der Waals surface area contributed by atoms with E-state index in [0.29, 0.717) is 5.41 Å². The van der Waals surface area contributed by atoms with Crippen LogP contribution in [0.5, 0.6) is 0 Å². The lowest BCUT2D eigenvalue weighted by atomic mass is 9.94. The molecule has 1 aliphatic carbocycles. The minimum absolute atomic E-state index is 0.688. The highest BCUT2D eigenvalue weighted by Gasteiger charge is 2.47. The van der Waals surface area contributed by atoms with Gasteiger partial charge in [0.05, 0.1) is 0 Å². The van der Waals surface area contributed by atoms with E-state index in [0.717, 1.165) is 11.8 Å². The predicted molar refractivity (Wildman–Crippen MR) is 50.6 cm³/mol. The normalized spacial score (nSPS) is 30.0. The molecule has 11 heavy (non-hydrogen) atoms. The van der Waals surface area contributed by atoms with Gasteiger partial charge < -0.3 is 0 Å². The molecule has 1 unspecified atom stereocenters. The van der Waals surface area contributed by atoms with Crippen LogP contribution in [0.2, 0.25) is 0 Å². The molecular weight excluding hydrogens is 132 g/mol. The Hall–Kier alpha value is 0. The average Bonchev–Trinajstić information content (AvgIpc) is 2.55. The molecule has 0 aliphatic heterocycles. The van der Waals surface area contributed by atoms with E-state index in [4.69, 9.17) is 0 Å². The highest BCUT2D eigenvalue weighted by molar-refractivity contribution is 4.97. The second kappa shape index (κ2) is 3.16. The van der Waals surface area contributed by atoms with Gasteiger partial charge in [-0.2, -0.15) is 0 Å². The Morgan fingerprint density at radius 2 is 2.00 bits per heavy atom. The standard InChI is InChI=1S/C11H22/c1-5-6-7-9(2)10-8-11(10,3)4/h9-10H,5-8H2,1-4H3/t9-,10?/m0/s1. The van der Waals surface area contributed by atoms with Gasteiger partial charge in [-0.1, -0.05) is 47.0 Å². The minimum Gasteiger partial charge on any atom is -0.0654 e. The van der Waals surface area contributed by atoms with Crippen molar-refractivity contribution >= 4 is 0 Å². The van der Waals surface area contributed by atoms with Crippen LogP contribution in [0.4, 0.5) is 0 Å². The van der Waals surface area contributed by atoms with E-state index >= 15 is 0 Å². The summed E-state index contributed by atoms with van der Waals surface area (Å²) in [7, 11) is 0. The largest absolute Gasteiger partial charge is 0.0654 e. The van der Waals surface area contributed by atoms with Crippen molar-refractivity contribution in [3.05, 3.63) is 0 Å². The highest BCUT2D eigenvalue weighted by Crippen LogP contribution is 2.56. The smallest absolute Gasteiger partial charge is 0.0320 e. The quantitative estimate of drug-likeness (QED) is 0.577. The Kier molecular flexibility index (Phi) is 2.61. The van der Waals surface area contributed by atoms with Crippen molar-refractivity contribution in [2.24, 2.45) is 17.3 Å². The first-order valence-electron chi connectivity index (χ1n) is 5.08. The minimum atomic E-state index is 0.688.